The fraction of sp³-hybridized carbons (Fsp3) is 0.167. The maximum Gasteiger partial charge on any atom is 0.248 e. The maximum absolute atomic E-state index is 12.8. The number of benzene rings is 2. The van der Waals surface area contributed by atoms with Crippen LogP contribution in [0.4, 0.5) is 17.1 Å². The van der Waals surface area contributed by atoms with Crippen LogP contribution in [0.2, 0.25) is 0 Å². The molecule has 2 heterocycles. The molecule has 2 aromatic carbocycles. The van der Waals surface area contributed by atoms with E-state index in [0.29, 0.717) is 16.9 Å². The van der Waals surface area contributed by atoms with Gasteiger partial charge in [-0.1, -0.05) is 30.3 Å². The molecule has 0 spiro atoms. The lowest BCUT2D eigenvalue weighted by molar-refractivity contribution is -0.128. The Balaban J connectivity index is 1.78. The van der Waals surface area contributed by atoms with Gasteiger partial charge in [0.1, 0.15) is 6.04 Å². The molecular weight excluding hydrogens is 306 g/mol. The first-order valence-electron chi connectivity index (χ1n) is 7.68. The minimum absolute atomic E-state index is 0.285. The summed E-state index contributed by atoms with van der Waals surface area (Å²) < 4.78 is 0. The number of nitrogens with one attached hydrogen (secondary N) is 2. The van der Waals surface area contributed by atoms with Gasteiger partial charge >= 0.3 is 0 Å². The molecule has 3 amide bonds. The van der Waals surface area contributed by atoms with Crippen LogP contribution < -0.4 is 15.5 Å². The minimum atomic E-state index is -0.766. The molecule has 0 fully saturated rings. The molecular formula is C18H15N3O3. The molecule has 24 heavy (non-hydrogen) atoms. The van der Waals surface area contributed by atoms with Crippen molar-refractivity contribution in [3.05, 3.63) is 54.1 Å². The Morgan fingerprint density at radius 1 is 1.00 bits per heavy atom. The summed E-state index contributed by atoms with van der Waals surface area (Å²) in [5.74, 6) is -1.76. The van der Waals surface area contributed by atoms with Gasteiger partial charge in [-0.05, 0) is 23.8 Å². The molecule has 6 nitrogen and oxygen atoms in total. The summed E-state index contributed by atoms with van der Waals surface area (Å²) in [4.78, 5) is 38.5. The minimum Gasteiger partial charge on any atom is -0.371 e. The Bertz CT molecular complexity index is 877. The van der Waals surface area contributed by atoms with Crippen molar-refractivity contribution in [2.75, 3.05) is 15.5 Å². The second kappa shape index (κ2) is 5.19. The van der Waals surface area contributed by atoms with E-state index in [0.717, 1.165) is 10.6 Å². The van der Waals surface area contributed by atoms with E-state index >= 15 is 0 Å². The molecule has 4 rings (SSSR count). The first-order chi connectivity index (χ1) is 11.6. The van der Waals surface area contributed by atoms with Gasteiger partial charge < -0.3 is 10.6 Å². The number of rotatable bonds is 1. The molecule has 2 aliphatic rings. The SMILES string of the molecule is CC(=O)N1C(=O)C(C2Nc3ccccc3NC2=O)c2ccccc21. The van der Waals surface area contributed by atoms with Crippen LogP contribution in [0.3, 0.4) is 0 Å². The third-order valence-electron chi connectivity index (χ3n) is 4.43. The normalized spacial score (nSPS) is 21.6. The largest absolute Gasteiger partial charge is 0.371 e. The lowest BCUT2D eigenvalue weighted by Crippen LogP contribution is -2.47. The predicted octanol–water partition coefficient (Wildman–Crippen LogP) is 2.10. The first kappa shape index (κ1) is 14.4. The second-order valence-corrected chi connectivity index (χ2v) is 5.89. The van der Waals surface area contributed by atoms with Gasteiger partial charge in [0, 0.05) is 6.92 Å². The van der Waals surface area contributed by atoms with Gasteiger partial charge in [-0.3, -0.25) is 14.4 Å². The van der Waals surface area contributed by atoms with Crippen LogP contribution in [0.15, 0.2) is 48.5 Å². The Kier molecular flexibility index (Phi) is 3.13. The van der Waals surface area contributed by atoms with Crippen LogP contribution >= 0.6 is 0 Å². The van der Waals surface area contributed by atoms with Gasteiger partial charge in [-0.25, -0.2) is 4.90 Å². The van der Waals surface area contributed by atoms with E-state index in [4.69, 9.17) is 0 Å². The number of anilines is 3. The molecule has 2 aromatic rings. The molecule has 0 radical (unpaired) electrons. The summed E-state index contributed by atoms with van der Waals surface area (Å²) in [5.41, 5.74) is 2.67. The van der Waals surface area contributed by atoms with Gasteiger partial charge in [-0.15, -0.1) is 0 Å². The number of para-hydroxylation sites is 3. The summed E-state index contributed by atoms with van der Waals surface area (Å²) in [6, 6.07) is 13.6. The topological polar surface area (TPSA) is 78.5 Å². The zero-order valence-electron chi connectivity index (χ0n) is 12.9. The lowest BCUT2D eigenvalue weighted by atomic mass is 9.90. The number of carbonyl (C=O) groups excluding carboxylic acids is 3. The van der Waals surface area contributed by atoms with Crippen molar-refractivity contribution in [1.82, 2.24) is 0 Å². The van der Waals surface area contributed by atoms with E-state index < -0.39 is 12.0 Å². The monoisotopic (exact) mass is 321 g/mol. The Hall–Kier alpha value is -3.15. The third-order valence-corrected chi connectivity index (χ3v) is 4.43. The van der Waals surface area contributed by atoms with Gasteiger partial charge in [0.15, 0.2) is 0 Å². The highest BCUT2D eigenvalue weighted by molar-refractivity contribution is 6.22. The highest BCUT2D eigenvalue weighted by Crippen LogP contribution is 2.41. The number of amides is 3. The van der Waals surface area contributed by atoms with Crippen LogP contribution in [-0.4, -0.2) is 23.8 Å². The van der Waals surface area contributed by atoms with Gasteiger partial charge in [0.25, 0.3) is 0 Å². The summed E-state index contributed by atoms with van der Waals surface area (Å²) in [6.45, 7) is 1.35. The Morgan fingerprint density at radius 2 is 1.67 bits per heavy atom. The molecule has 0 saturated carbocycles. The summed E-state index contributed by atoms with van der Waals surface area (Å²) in [6.07, 6.45) is 0. The fourth-order valence-corrected chi connectivity index (χ4v) is 3.39. The fourth-order valence-electron chi connectivity index (χ4n) is 3.39. The number of hydrogen-bond acceptors (Lipinski definition) is 4. The molecule has 6 heteroatoms. The molecule has 2 aliphatic heterocycles. The summed E-state index contributed by atoms with van der Waals surface area (Å²) >= 11 is 0. The van der Waals surface area contributed by atoms with Gasteiger partial charge in [-0.2, -0.15) is 0 Å². The van der Waals surface area contributed by atoms with E-state index in [9.17, 15) is 14.4 Å². The Labute approximate surface area is 138 Å². The molecule has 0 aliphatic carbocycles. The van der Waals surface area contributed by atoms with Gasteiger partial charge in [0.2, 0.25) is 17.7 Å². The van der Waals surface area contributed by atoms with Crippen molar-refractivity contribution in [2.45, 2.75) is 18.9 Å². The van der Waals surface area contributed by atoms with Crippen molar-refractivity contribution in [2.24, 2.45) is 0 Å². The van der Waals surface area contributed by atoms with Crippen LogP contribution in [0.25, 0.3) is 0 Å². The summed E-state index contributed by atoms with van der Waals surface area (Å²) in [5, 5.41) is 5.97. The van der Waals surface area contributed by atoms with Crippen molar-refractivity contribution in [1.29, 1.82) is 0 Å². The average Bonchev–Trinajstić information content (AvgIpc) is 2.86. The van der Waals surface area contributed by atoms with Crippen molar-refractivity contribution in [3.63, 3.8) is 0 Å². The second-order valence-electron chi connectivity index (χ2n) is 5.89. The molecule has 0 aromatic heterocycles. The molecule has 120 valence electrons. The van der Waals surface area contributed by atoms with Crippen LogP contribution in [0.5, 0.6) is 0 Å². The summed E-state index contributed by atoms with van der Waals surface area (Å²) in [7, 11) is 0. The van der Waals surface area contributed by atoms with Crippen molar-refractivity contribution >= 4 is 34.8 Å². The quantitative estimate of drug-likeness (QED) is 0.843. The van der Waals surface area contributed by atoms with Crippen LogP contribution in [-0.2, 0) is 14.4 Å². The zero-order valence-corrected chi connectivity index (χ0v) is 12.9. The zero-order chi connectivity index (χ0) is 16.8. The predicted molar refractivity (Wildman–Crippen MR) is 89.8 cm³/mol. The number of carbonyl (C=O) groups is 3. The van der Waals surface area contributed by atoms with E-state index in [-0.39, 0.29) is 17.7 Å². The number of nitrogens with zero attached hydrogens (tertiary/aromatic N) is 1. The molecule has 2 N–H and O–H groups in total. The van der Waals surface area contributed by atoms with E-state index in [1.54, 1.807) is 30.3 Å². The molecule has 2 unspecified atom stereocenters. The van der Waals surface area contributed by atoms with Crippen molar-refractivity contribution in [3.8, 4) is 0 Å². The van der Waals surface area contributed by atoms with Gasteiger partial charge in [0.05, 0.1) is 23.0 Å². The molecule has 0 bridgehead atoms. The van der Waals surface area contributed by atoms with E-state index in [1.165, 1.54) is 6.92 Å². The smallest absolute Gasteiger partial charge is 0.248 e. The highest BCUT2D eigenvalue weighted by atomic mass is 16.2. The van der Waals surface area contributed by atoms with Crippen LogP contribution in [0.1, 0.15) is 18.4 Å². The van der Waals surface area contributed by atoms with E-state index in [1.807, 2.05) is 18.2 Å². The standard InChI is InChI=1S/C18H15N3O3/c1-10(22)21-14-9-5-2-6-11(14)15(18(21)24)16-17(23)20-13-8-4-3-7-12(13)19-16/h2-9,15-16,19H,1H3,(H,20,23). The number of imide groups is 1. The maximum atomic E-state index is 12.8. The highest BCUT2D eigenvalue weighted by Gasteiger charge is 2.47. The molecule has 0 saturated heterocycles. The molecule has 2 atom stereocenters. The van der Waals surface area contributed by atoms with Crippen LogP contribution in [0, 0.1) is 0 Å². The average molecular weight is 321 g/mol. The van der Waals surface area contributed by atoms with E-state index in [2.05, 4.69) is 10.6 Å². The number of fused-ring (bicyclic) bond motifs is 2. The first-order valence-corrected chi connectivity index (χ1v) is 7.68. The third kappa shape index (κ3) is 2.00. The number of hydrogen-bond donors (Lipinski definition) is 2. The lowest BCUT2D eigenvalue weighted by Gasteiger charge is -2.30. The van der Waals surface area contributed by atoms with Crippen molar-refractivity contribution < 1.29 is 14.4 Å². The Morgan fingerprint density at radius 3 is 2.42 bits per heavy atom.